The van der Waals surface area contributed by atoms with Gasteiger partial charge in [0.25, 0.3) is 0 Å². The van der Waals surface area contributed by atoms with Crippen molar-refractivity contribution in [2.75, 3.05) is 0 Å². The molecule has 1 unspecified atom stereocenters. The highest BCUT2D eigenvalue weighted by Crippen LogP contribution is 2.33. The Kier molecular flexibility index (Phi) is 3.17. The van der Waals surface area contributed by atoms with Crippen LogP contribution in [0.25, 0.3) is 0 Å². The Morgan fingerprint density at radius 3 is 2.86 bits per heavy atom. The normalized spacial score (nSPS) is 16.2. The Balaban J connectivity index is 1.81. The fourth-order valence-corrected chi connectivity index (χ4v) is 1.99. The zero-order valence-corrected chi connectivity index (χ0v) is 11.5. The quantitative estimate of drug-likeness (QED) is 0.917. The molecule has 2 heterocycles. The largest absolute Gasteiger partial charge is 0.478 e. The molecule has 1 aromatic carbocycles. The van der Waals surface area contributed by atoms with Crippen LogP contribution in [0, 0.1) is 13.8 Å². The number of benzene rings is 1. The third-order valence-corrected chi connectivity index (χ3v) is 3.27. The van der Waals surface area contributed by atoms with Crippen molar-refractivity contribution < 1.29 is 19.4 Å². The Hall–Kier alpha value is -2.70. The summed E-state index contributed by atoms with van der Waals surface area (Å²) >= 11 is 0. The van der Waals surface area contributed by atoms with Crippen molar-refractivity contribution in [1.82, 2.24) is 15.2 Å². The number of hydrogen-bond acceptors (Lipinski definition) is 6. The van der Waals surface area contributed by atoms with Crippen LogP contribution in [0.4, 0.5) is 0 Å². The van der Waals surface area contributed by atoms with Crippen molar-refractivity contribution in [1.29, 1.82) is 0 Å². The number of carboxylic acid groups (broad SMARTS) is 1. The van der Waals surface area contributed by atoms with E-state index in [-0.39, 0.29) is 6.01 Å². The number of carbonyl (C=O) groups is 1. The molecular formula is C14H13N3O4. The van der Waals surface area contributed by atoms with E-state index in [9.17, 15) is 4.79 Å². The minimum atomic E-state index is -0.977. The minimum Gasteiger partial charge on any atom is -0.478 e. The van der Waals surface area contributed by atoms with Crippen molar-refractivity contribution in [3.8, 4) is 17.5 Å². The number of rotatable bonds is 3. The van der Waals surface area contributed by atoms with Gasteiger partial charge in [0.2, 0.25) is 0 Å². The number of hydrogen-bond donors (Lipinski definition) is 1. The van der Waals surface area contributed by atoms with Gasteiger partial charge >= 0.3 is 12.0 Å². The van der Waals surface area contributed by atoms with Crippen LogP contribution in [-0.4, -0.2) is 32.4 Å². The number of aromatic nitrogens is 3. The lowest BCUT2D eigenvalue weighted by atomic mass is 10.1. The van der Waals surface area contributed by atoms with Crippen LogP contribution in [-0.2, 0) is 11.2 Å². The maximum atomic E-state index is 10.9. The first-order valence-electron chi connectivity index (χ1n) is 6.41. The third-order valence-electron chi connectivity index (χ3n) is 3.27. The molecule has 1 aliphatic heterocycles. The maximum absolute atomic E-state index is 10.9. The number of aliphatic carboxylic acids is 1. The fourth-order valence-electron chi connectivity index (χ4n) is 1.99. The summed E-state index contributed by atoms with van der Waals surface area (Å²) in [4.78, 5) is 15.1. The molecule has 7 heteroatoms. The average Bonchev–Trinajstić information content (AvgIpc) is 2.86. The molecule has 1 N–H and O–H groups in total. The molecule has 0 fully saturated rings. The number of fused-ring (bicyclic) bond motifs is 1. The molecule has 0 aliphatic carbocycles. The van der Waals surface area contributed by atoms with Gasteiger partial charge in [-0.2, -0.15) is 4.98 Å². The van der Waals surface area contributed by atoms with Crippen molar-refractivity contribution in [3.63, 3.8) is 0 Å². The molecule has 0 amide bonds. The van der Waals surface area contributed by atoms with Crippen molar-refractivity contribution in [2.45, 2.75) is 26.4 Å². The summed E-state index contributed by atoms with van der Waals surface area (Å²) in [6, 6.07) is 5.29. The monoisotopic (exact) mass is 287 g/mol. The molecule has 0 saturated heterocycles. The zero-order chi connectivity index (χ0) is 15.0. The van der Waals surface area contributed by atoms with Gasteiger partial charge in [-0.1, -0.05) is 11.2 Å². The molecule has 3 rings (SSSR count). The first-order chi connectivity index (χ1) is 10.0. The van der Waals surface area contributed by atoms with Gasteiger partial charge in [-0.15, -0.1) is 5.10 Å². The summed E-state index contributed by atoms with van der Waals surface area (Å²) in [7, 11) is 0. The van der Waals surface area contributed by atoms with Gasteiger partial charge < -0.3 is 14.6 Å². The predicted molar refractivity (Wildman–Crippen MR) is 71.6 cm³/mol. The van der Waals surface area contributed by atoms with Crippen LogP contribution >= 0.6 is 0 Å². The molecule has 0 saturated carbocycles. The second kappa shape index (κ2) is 5.01. The second-order valence-corrected chi connectivity index (χ2v) is 4.79. The molecule has 0 spiro atoms. The molecule has 0 bridgehead atoms. The summed E-state index contributed by atoms with van der Waals surface area (Å²) in [5.74, 6) is 0.0110. The van der Waals surface area contributed by atoms with E-state index in [0.29, 0.717) is 17.9 Å². The van der Waals surface area contributed by atoms with Crippen LogP contribution in [0.2, 0.25) is 0 Å². The molecular weight excluding hydrogens is 274 g/mol. The van der Waals surface area contributed by atoms with Crippen LogP contribution in [0.15, 0.2) is 18.2 Å². The van der Waals surface area contributed by atoms with E-state index < -0.39 is 12.1 Å². The summed E-state index contributed by atoms with van der Waals surface area (Å²) in [5.41, 5.74) is 2.32. The van der Waals surface area contributed by atoms with Crippen molar-refractivity contribution in [2.24, 2.45) is 0 Å². The highest BCUT2D eigenvalue weighted by molar-refractivity contribution is 5.74. The van der Waals surface area contributed by atoms with E-state index >= 15 is 0 Å². The summed E-state index contributed by atoms with van der Waals surface area (Å²) in [6.45, 7) is 3.63. The number of carboxylic acids is 1. The van der Waals surface area contributed by atoms with Crippen molar-refractivity contribution >= 4 is 5.97 Å². The second-order valence-electron chi connectivity index (χ2n) is 4.79. The third kappa shape index (κ3) is 2.62. The van der Waals surface area contributed by atoms with Crippen LogP contribution < -0.4 is 9.47 Å². The van der Waals surface area contributed by atoms with Gasteiger partial charge in [0.1, 0.15) is 11.5 Å². The molecule has 108 valence electrons. The zero-order valence-electron chi connectivity index (χ0n) is 11.5. The van der Waals surface area contributed by atoms with Gasteiger partial charge in [0, 0.05) is 12.5 Å². The number of ether oxygens (including phenoxy) is 2. The molecule has 7 nitrogen and oxygen atoms in total. The fraction of sp³-hybridized carbons (Fsp3) is 0.286. The summed E-state index contributed by atoms with van der Waals surface area (Å²) in [5, 5.41) is 16.8. The van der Waals surface area contributed by atoms with Crippen molar-refractivity contribution in [3.05, 3.63) is 35.2 Å². The lowest BCUT2D eigenvalue weighted by Crippen LogP contribution is -2.24. The van der Waals surface area contributed by atoms with E-state index in [0.717, 1.165) is 17.0 Å². The average molecular weight is 287 g/mol. The molecule has 2 aromatic rings. The summed E-state index contributed by atoms with van der Waals surface area (Å²) in [6.07, 6.45) is -0.484. The first-order valence-corrected chi connectivity index (χ1v) is 6.41. The molecule has 0 radical (unpaired) electrons. The van der Waals surface area contributed by atoms with Gasteiger partial charge in [-0.3, -0.25) is 0 Å². The number of nitrogens with zero attached hydrogens (tertiary/aromatic N) is 3. The van der Waals surface area contributed by atoms with Gasteiger partial charge in [0.05, 0.1) is 11.4 Å². The lowest BCUT2D eigenvalue weighted by molar-refractivity contribution is -0.144. The SMILES string of the molecule is Cc1nnc(Oc2ccc3c(c2)OC(C(=O)O)C3)nc1C. The Bertz CT molecular complexity index is 717. The molecule has 1 aliphatic rings. The van der Waals surface area contributed by atoms with E-state index in [1.807, 2.05) is 13.8 Å². The predicted octanol–water partition coefficient (Wildman–Crippen LogP) is 1.67. The van der Waals surface area contributed by atoms with E-state index in [1.165, 1.54) is 0 Å². The first kappa shape index (κ1) is 13.3. The van der Waals surface area contributed by atoms with Crippen LogP contribution in [0.3, 0.4) is 0 Å². The Labute approximate surface area is 120 Å². The Morgan fingerprint density at radius 1 is 1.33 bits per heavy atom. The molecule has 21 heavy (non-hydrogen) atoms. The molecule has 1 atom stereocenters. The topological polar surface area (TPSA) is 94.4 Å². The van der Waals surface area contributed by atoms with Gasteiger partial charge in [0.15, 0.2) is 6.10 Å². The highest BCUT2D eigenvalue weighted by atomic mass is 16.5. The highest BCUT2D eigenvalue weighted by Gasteiger charge is 2.29. The number of aryl methyl sites for hydroxylation is 2. The van der Waals surface area contributed by atoms with Crippen LogP contribution in [0.5, 0.6) is 17.5 Å². The summed E-state index contributed by atoms with van der Waals surface area (Å²) < 4.78 is 10.9. The Morgan fingerprint density at radius 2 is 2.14 bits per heavy atom. The maximum Gasteiger partial charge on any atom is 0.345 e. The van der Waals surface area contributed by atoms with E-state index in [1.54, 1.807) is 18.2 Å². The lowest BCUT2D eigenvalue weighted by Gasteiger charge is -2.07. The van der Waals surface area contributed by atoms with Gasteiger partial charge in [-0.05, 0) is 25.5 Å². The van der Waals surface area contributed by atoms with E-state index in [4.69, 9.17) is 14.6 Å². The van der Waals surface area contributed by atoms with E-state index in [2.05, 4.69) is 15.2 Å². The van der Waals surface area contributed by atoms with Gasteiger partial charge in [-0.25, -0.2) is 4.79 Å². The van der Waals surface area contributed by atoms with Crippen LogP contribution in [0.1, 0.15) is 17.0 Å². The smallest absolute Gasteiger partial charge is 0.345 e. The minimum absolute atomic E-state index is 0.144. The molecule has 1 aromatic heterocycles. The standard InChI is InChI=1S/C14H13N3O4/c1-7-8(2)16-17-14(15-7)20-10-4-3-9-5-12(13(18)19)21-11(9)6-10/h3-4,6,12H,5H2,1-2H3,(H,18,19).